The van der Waals surface area contributed by atoms with Crippen LogP contribution in [0.1, 0.15) is 5.56 Å². The van der Waals surface area contributed by atoms with Gasteiger partial charge in [-0.15, -0.1) is 0 Å². The van der Waals surface area contributed by atoms with E-state index in [0.29, 0.717) is 0 Å². The Labute approximate surface area is 83.7 Å². The van der Waals surface area contributed by atoms with E-state index in [2.05, 4.69) is 22.7 Å². The summed E-state index contributed by atoms with van der Waals surface area (Å²) < 4.78 is 4.14. The predicted octanol–water partition coefficient (Wildman–Crippen LogP) is 1.22. The Bertz CT molecular complexity index is 457. The van der Waals surface area contributed by atoms with Crippen LogP contribution >= 0.6 is 0 Å². The quantitative estimate of drug-likeness (QED) is 0.617. The van der Waals surface area contributed by atoms with Crippen LogP contribution in [0.3, 0.4) is 0 Å². The van der Waals surface area contributed by atoms with E-state index in [4.69, 9.17) is 0 Å². The molecule has 0 amide bonds. The van der Waals surface area contributed by atoms with Crippen LogP contribution in [0.2, 0.25) is 0 Å². The minimum Gasteiger partial charge on any atom is -0.264 e. The first-order valence-corrected chi connectivity index (χ1v) is 4.61. The van der Waals surface area contributed by atoms with Crippen molar-refractivity contribution < 1.29 is 4.57 Å². The molecule has 14 heavy (non-hydrogen) atoms. The van der Waals surface area contributed by atoms with Gasteiger partial charge in [-0.3, -0.25) is 4.98 Å². The monoisotopic (exact) mass is 188 g/mol. The zero-order valence-corrected chi connectivity index (χ0v) is 8.73. The van der Waals surface area contributed by atoms with Crippen LogP contribution in [0, 0.1) is 6.92 Å². The summed E-state index contributed by atoms with van der Waals surface area (Å²) in [5.74, 6) is 0. The highest BCUT2D eigenvalue weighted by molar-refractivity contribution is 5.60. The molecule has 3 heteroatoms. The Morgan fingerprint density at radius 3 is 2.79 bits per heavy atom. The van der Waals surface area contributed by atoms with Gasteiger partial charge in [0, 0.05) is 18.0 Å². The molecular formula is C11H14N3+. The zero-order valence-electron chi connectivity index (χ0n) is 8.73. The maximum absolute atomic E-state index is 4.15. The number of aryl methyl sites for hydroxylation is 3. The molecule has 0 aliphatic heterocycles. The average Bonchev–Trinajstić information content (AvgIpc) is 2.46. The molecule has 0 spiro atoms. The van der Waals surface area contributed by atoms with Crippen molar-refractivity contribution in [2.45, 2.75) is 6.92 Å². The molecule has 0 atom stereocenters. The molecule has 0 aromatic carbocycles. The van der Waals surface area contributed by atoms with Crippen LogP contribution in [-0.2, 0) is 14.1 Å². The van der Waals surface area contributed by atoms with E-state index in [1.807, 2.05) is 43.4 Å². The van der Waals surface area contributed by atoms with Gasteiger partial charge in [-0.25, -0.2) is 9.13 Å². The van der Waals surface area contributed by atoms with E-state index in [-0.39, 0.29) is 0 Å². The van der Waals surface area contributed by atoms with Crippen molar-refractivity contribution in [3.8, 4) is 11.3 Å². The molecule has 72 valence electrons. The van der Waals surface area contributed by atoms with Gasteiger partial charge >= 0.3 is 0 Å². The molecule has 0 N–H and O–H groups in total. The molecule has 0 aliphatic carbocycles. The molecule has 2 rings (SSSR count). The van der Waals surface area contributed by atoms with Crippen LogP contribution in [0.5, 0.6) is 0 Å². The molecule has 0 saturated carbocycles. The van der Waals surface area contributed by atoms with Gasteiger partial charge in [0.1, 0.15) is 6.20 Å². The third-order valence-corrected chi connectivity index (χ3v) is 2.38. The Kier molecular flexibility index (Phi) is 2.08. The standard InChI is InChI=1S/C11H14N3/c1-9-4-5-12-6-10(9)11-7-13(2)8-14(11)3/h4-8H,1-3H3/q+1. The molecule has 0 bridgehead atoms. The summed E-state index contributed by atoms with van der Waals surface area (Å²) in [6, 6.07) is 2.03. The third-order valence-electron chi connectivity index (χ3n) is 2.38. The maximum atomic E-state index is 4.15. The van der Waals surface area contributed by atoms with E-state index >= 15 is 0 Å². The molecule has 0 fully saturated rings. The Hall–Kier alpha value is -1.64. The number of hydrogen-bond acceptors (Lipinski definition) is 1. The van der Waals surface area contributed by atoms with Crippen molar-refractivity contribution in [3.05, 3.63) is 36.5 Å². The highest BCUT2D eigenvalue weighted by Crippen LogP contribution is 2.19. The average molecular weight is 188 g/mol. The smallest absolute Gasteiger partial charge is 0.243 e. The normalized spacial score (nSPS) is 10.5. The van der Waals surface area contributed by atoms with Crippen molar-refractivity contribution in [1.29, 1.82) is 0 Å². The number of hydrogen-bond donors (Lipinski definition) is 0. The minimum atomic E-state index is 1.19. The van der Waals surface area contributed by atoms with Gasteiger partial charge in [0.2, 0.25) is 6.33 Å². The Morgan fingerprint density at radius 2 is 2.21 bits per heavy atom. The predicted molar refractivity (Wildman–Crippen MR) is 54.6 cm³/mol. The first kappa shape index (κ1) is 8.94. The maximum Gasteiger partial charge on any atom is 0.243 e. The lowest BCUT2D eigenvalue weighted by Gasteiger charge is -1.99. The topological polar surface area (TPSA) is 21.7 Å². The van der Waals surface area contributed by atoms with Gasteiger partial charge in [0.05, 0.1) is 14.1 Å². The SMILES string of the molecule is Cc1ccncc1-c1c[n+](C)cn1C. The first-order valence-electron chi connectivity index (χ1n) is 4.61. The fraction of sp³-hybridized carbons (Fsp3) is 0.273. The highest BCUT2D eigenvalue weighted by atomic mass is 15.1. The summed E-state index contributed by atoms with van der Waals surface area (Å²) in [5.41, 5.74) is 3.63. The number of aromatic nitrogens is 3. The largest absolute Gasteiger partial charge is 0.264 e. The Morgan fingerprint density at radius 1 is 1.43 bits per heavy atom. The van der Waals surface area contributed by atoms with Crippen LogP contribution in [0.4, 0.5) is 0 Å². The van der Waals surface area contributed by atoms with Crippen molar-refractivity contribution in [1.82, 2.24) is 9.55 Å². The molecule has 2 heterocycles. The summed E-state index contributed by atoms with van der Waals surface area (Å²) in [6.07, 6.45) is 7.87. The summed E-state index contributed by atoms with van der Waals surface area (Å²) >= 11 is 0. The highest BCUT2D eigenvalue weighted by Gasteiger charge is 2.12. The summed E-state index contributed by atoms with van der Waals surface area (Å²) in [5, 5.41) is 0. The fourth-order valence-corrected chi connectivity index (χ4v) is 1.64. The van der Waals surface area contributed by atoms with E-state index in [1.165, 1.54) is 16.8 Å². The molecule has 0 unspecified atom stereocenters. The van der Waals surface area contributed by atoms with Gasteiger partial charge in [0.15, 0.2) is 5.69 Å². The fourth-order valence-electron chi connectivity index (χ4n) is 1.64. The van der Waals surface area contributed by atoms with Crippen LogP contribution in [0.25, 0.3) is 11.3 Å². The van der Waals surface area contributed by atoms with Crippen molar-refractivity contribution in [2.24, 2.45) is 14.1 Å². The molecule has 0 aliphatic rings. The molecule has 0 saturated heterocycles. The van der Waals surface area contributed by atoms with Gasteiger partial charge in [-0.05, 0) is 18.6 Å². The van der Waals surface area contributed by atoms with Crippen LogP contribution in [0.15, 0.2) is 31.0 Å². The van der Waals surface area contributed by atoms with E-state index in [9.17, 15) is 0 Å². The van der Waals surface area contributed by atoms with Crippen molar-refractivity contribution >= 4 is 0 Å². The summed E-state index contributed by atoms with van der Waals surface area (Å²) in [6.45, 7) is 2.10. The Balaban J connectivity index is 2.60. The lowest BCUT2D eigenvalue weighted by Crippen LogP contribution is -2.23. The zero-order chi connectivity index (χ0) is 10.1. The van der Waals surface area contributed by atoms with Gasteiger partial charge in [-0.2, -0.15) is 0 Å². The molecule has 2 aromatic rings. The number of nitrogens with zero attached hydrogens (tertiary/aromatic N) is 3. The molecule has 2 aromatic heterocycles. The van der Waals surface area contributed by atoms with E-state index in [1.54, 1.807) is 0 Å². The second-order valence-corrected chi connectivity index (χ2v) is 3.60. The van der Waals surface area contributed by atoms with Gasteiger partial charge in [0.25, 0.3) is 0 Å². The van der Waals surface area contributed by atoms with Crippen molar-refractivity contribution in [2.75, 3.05) is 0 Å². The lowest BCUT2D eigenvalue weighted by molar-refractivity contribution is -0.670. The van der Waals surface area contributed by atoms with Gasteiger partial charge < -0.3 is 0 Å². The number of pyridine rings is 1. The van der Waals surface area contributed by atoms with E-state index < -0.39 is 0 Å². The van der Waals surface area contributed by atoms with Crippen molar-refractivity contribution in [3.63, 3.8) is 0 Å². The van der Waals surface area contributed by atoms with E-state index in [0.717, 1.165) is 0 Å². The molecular weight excluding hydrogens is 174 g/mol. The van der Waals surface area contributed by atoms with Gasteiger partial charge in [-0.1, -0.05) is 0 Å². The second kappa shape index (κ2) is 3.25. The third kappa shape index (κ3) is 1.41. The second-order valence-electron chi connectivity index (χ2n) is 3.60. The summed E-state index contributed by atoms with van der Waals surface area (Å²) in [4.78, 5) is 4.15. The molecule has 0 radical (unpaired) electrons. The van der Waals surface area contributed by atoms with Crippen LogP contribution in [-0.4, -0.2) is 9.55 Å². The number of rotatable bonds is 1. The molecule has 3 nitrogen and oxygen atoms in total. The number of imidazole rings is 1. The first-order chi connectivity index (χ1) is 6.68. The minimum absolute atomic E-state index is 1.19. The lowest BCUT2D eigenvalue weighted by atomic mass is 10.1. The summed E-state index contributed by atoms with van der Waals surface area (Å²) in [7, 11) is 4.07. The van der Waals surface area contributed by atoms with Crippen LogP contribution < -0.4 is 4.57 Å².